The lowest BCUT2D eigenvalue weighted by Gasteiger charge is -2.24. The second-order valence-corrected chi connectivity index (χ2v) is 7.76. The molecule has 0 spiro atoms. The molecule has 0 saturated carbocycles. The van der Waals surface area contributed by atoms with Gasteiger partial charge in [0.25, 0.3) is 0 Å². The van der Waals surface area contributed by atoms with E-state index in [9.17, 15) is 0 Å². The fraction of sp³-hybridized carbons (Fsp3) is 0.632. The van der Waals surface area contributed by atoms with Crippen molar-refractivity contribution < 1.29 is 0 Å². The Balaban J connectivity index is 3.10. The SMILES string of the molecule is CCc1cc(C(C)(C)C)cc(CC)c1NC(=S)NCC(C)C. The van der Waals surface area contributed by atoms with E-state index in [0.29, 0.717) is 5.92 Å². The Labute approximate surface area is 142 Å². The summed E-state index contributed by atoms with van der Waals surface area (Å²) < 4.78 is 0. The summed E-state index contributed by atoms with van der Waals surface area (Å²) in [7, 11) is 0. The zero-order chi connectivity index (χ0) is 16.9. The van der Waals surface area contributed by atoms with Gasteiger partial charge in [-0.15, -0.1) is 0 Å². The minimum atomic E-state index is 0.169. The lowest BCUT2D eigenvalue weighted by molar-refractivity contribution is 0.588. The van der Waals surface area contributed by atoms with Crippen LogP contribution in [0.3, 0.4) is 0 Å². The van der Waals surface area contributed by atoms with E-state index >= 15 is 0 Å². The van der Waals surface area contributed by atoms with Crippen LogP contribution in [0.1, 0.15) is 65.2 Å². The lowest BCUT2D eigenvalue weighted by atomic mass is 9.83. The maximum absolute atomic E-state index is 5.45. The normalized spacial score (nSPS) is 11.6. The third-order valence-corrected chi connectivity index (χ3v) is 4.09. The number of anilines is 1. The summed E-state index contributed by atoms with van der Waals surface area (Å²) in [5.41, 5.74) is 5.45. The van der Waals surface area contributed by atoms with Gasteiger partial charge in [0.15, 0.2) is 5.11 Å². The van der Waals surface area contributed by atoms with Gasteiger partial charge >= 0.3 is 0 Å². The summed E-state index contributed by atoms with van der Waals surface area (Å²) >= 11 is 5.45. The van der Waals surface area contributed by atoms with Crippen molar-refractivity contribution >= 4 is 23.0 Å². The summed E-state index contributed by atoms with van der Waals surface area (Å²) in [6.07, 6.45) is 2.01. The molecule has 2 N–H and O–H groups in total. The molecule has 0 aromatic heterocycles. The van der Waals surface area contributed by atoms with E-state index in [0.717, 1.165) is 24.5 Å². The minimum Gasteiger partial charge on any atom is -0.362 e. The van der Waals surface area contributed by atoms with Gasteiger partial charge in [0, 0.05) is 12.2 Å². The van der Waals surface area contributed by atoms with E-state index in [1.807, 2.05) is 0 Å². The zero-order valence-electron chi connectivity index (χ0n) is 15.3. The van der Waals surface area contributed by atoms with Crippen molar-refractivity contribution in [3.8, 4) is 0 Å². The topological polar surface area (TPSA) is 24.1 Å². The van der Waals surface area contributed by atoms with Crippen LogP contribution in [-0.4, -0.2) is 11.7 Å². The highest BCUT2D eigenvalue weighted by Crippen LogP contribution is 2.31. The van der Waals surface area contributed by atoms with Crippen LogP contribution in [0.2, 0.25) is 0 Å². The fourth-order valence-electron chi connectivity index (χ4n) is 2.37. The summed E-state index contributed by atoms with van der Waals surface area (Å²) in [6.45, 7) is 16.5. The van der Waals surface area contributed by atoms with E-state index in [2.05, 4.69) is 71.2 Å². The predicted octanol–water partition coefficient (Wildman–Crippen LogP) is 5.05. The first-order chi connectivity index (χ1) is 10.2. The number of nitrogens with one attached hydrogen (secondary N) is 2. The highest BCUT2D eigenvalue weighted by Gasteiger charge is 2.18. The molecule has 22 heavy (non-hydrogen) atoms. The van der Waals surface area contributed by atoms with Crippen molar-refractivity contribution in [2.24, 2.45) is 5.92 Å². The molecular formula is C19H32N2S. The Bertz CT molecular complexity index is 488. The molecule has 0 bridgehead atoms. The molecular weight excluding hydrogens is 288 g/mol. The van der Waals surface area contributed by atoms with Gasteiger partial charge in [-0.05, 0) is 53.1 Å². The summed E-state index contributed by atoms with van der Waals surface area (Å²) in [4.78, 5) is 0. The van der Waals surface area contributed by atoms with Gasteiger partial charge in [-0.3, -0.25) is 0 Å². The first-order valence-electron chi connectivity index (χ1n) is 8.40. The first-order valence-corrected chi connectivity index (χ1v) is 8.80. The molecule has 0 atom stereocenters. The Hall–Kier alpha value is -1.09. The van der Waals surface area contributed by atoms with Crippen molar-refractivity contribution in [2.75, 3.05) is 11.9 Å². The molecule has 0 fully saturated rings. The van der Waals surface area contributed by atoms with E-state index in [4.69, 9.17) is 12.2 Å². The molecule has 3 heteroatoms. The number of hydrogen-bond donors (Lipinski definition) is 2. The number of hydrogen-bond acceptors (Lipinski definition) is 1. The van der Waals surface area contributed by atoms with Gasteiger partial charge in [-0.2, -0.15) is 0 Å². The van der Waals surface area contributed by atoms with Crippen LogP contribution in [0, 0.1) is 5.92 Å². The largest absolute Gasteiger partial charge is 0.362 e. The smallest absolute Gasteiger partial charge is 0.170 e. The molecule has 0 radical (unpaired) electrons. The molecule has 0 aliphatic rings. The highest BCUT2D eigenvalue weighted by molar-refractivity contribution is 7.80. The summed E-state index contributed by atoms with van der Waals surface area (Å²) in [5, 5.41) is 7.46. The van der Waals surface area contributed by atoms with Gasteiger partial charge < -0.3 is 10.6 Å². The van der Waals surface area contributed by atoms with Gasteiger partial charge in [0.1, 0.15) is 0 Å². The molecule has 1 aromatic rings. The molecule has 0 aliphatic heterocycles. The lowest BCUT2D eigenvalue weighted by Crippen LogP contribution is -2.32. The standard InChI is InChI=1S/C19H32N2S/c1-8-14-10-16(19(5,6)7)11-15(9-2)17(14)21-18(22)20-12-13(3)4/h10-11,13H,8-9,12H2,1-7H3,(H2,20,21,22). The molecule has 124 valence electrons. The number of thiocarbonyl (C=S) groups is 1. The minimum absolute atomic E-state index is 0.169. The van der Waals surface area contributed by atoms with Crippen LogP contribution >= 0.6 is 12.2 Å². The Morgan fingerprint density at radius 2 is 1.59 bits per heavy atom. The third kappa shape index (κ3) is 5.28. The Kier molecular flexibility index (Phi) is 6.86. The number of benzene rings is 1. The van der Waals surface area contributed by atoms with E-state index < -0.39 is 0 Å². The van der Waals surface area contributed by atoms with E-state index in [1.54, 1.807) is 0 Å². The average Bonchev–Trinajstić information content (AvgIpc) is 2.43. The number of aryl methyl sites for hydroxylation is 2. The van der Waals surface area contributed by atoms with Crippen molar-refractivity contribution in [3.05, 3.63) is 28.8 Å². The van der Waals surface area contributed by atoms with Crippen LogP contribution in [0.25, 0.3) is 0 Å². The Morgan fingerprint density at radius 1 is 1.09 bits per heavy atom. The molecule has 1 aromatic carbocycles. The van der Waals surface area contributed by atoms with Crippen LogP contribution < -0.4 is 10.6 Å². The second-order valence-electron chi connectivity index (χ2n) is 7.36. The number of rotatable bonds is 5. The van der Waals surface area contributed by atoms with Gasteiger partial charge in [0.05, 0.1) is 0 Å². The van der Waals surface area contributed by atoms with E-state index in [-0.39, 0.29) is 5.41 Å². The van der Waals surface area contributed by atoms with Crippen LogP contribution in [-0.2, 0) is 18.3 Å². The molecule has 2 nitrogen and oxygen atoms in total. The van der Waals surface area contributed by atoms with Crippen LogP contribution in [0.15, 0.2) is 12.1 Å². The molecule has 0 unspecified atom stereocenters. The highest BCUT2D eigenvalue weighted by atomic mass is 32.1. The molecule has 0 saturated heterocycles. The second kappa shape index (κ2) is 7.96. The van der Waals surface area contributed by atoms with Gasteiger partial charge in [0.2, 0.25) is 0 Å². The van der Waals surface area contributed by atoms with Crippen LogP contribution in [0.5, 0.6) is 0 Å². The summed E-state index contributed by atoms with van der Waals surface area (Å²) in [6, 6.07) is 4.65. The third-order valence-electron chi connectivity index (χ3n) is 3.84. The molecule has 0 amide bonds. The summed E-state index contributed by atoms with van der Waals surface area (Å²) in [5.74, 6) is 0.583. The predicted molar refractivity (Wildman–Crippen MR) is 103 cm³/mol. The monoisotopic (exact) mass is 320 g/mol. The van der Waals surface area contributed by atoms with Crippen molar-refractivity contribution in [1.29, 1.82) is 0 Å². The van der Waals surface area contributed by atoms with Crippen LogP contribution in [0.4, 0.5) is 5.69 Å². The zero-order valence-corrected chi connectivity index (χ0v) is 16.1. The average molecular weight is 321 g/mol. The maximum Gasteiger partial charge on any atom is 0.170 e. The molecule has 0 aliphatic carbocycles. The van der Waals surface area contributed by atoms with Gasteiger partial charge in [-0.1, -0.05) is 60.6 Å². The Morgan fingerprint density at radius 3 is 1.95 bits per heavy atom. The van der Waals surface area contributed by atoms with E-state index in [1.165, 1.54) is 22.4 Å². The van der Waals surface area contributed by atoms with Gasteiger partial charge in [-0.25, -0.2) is 0 Å². The molecule has 0 heterocycles. The molecule has 1 rings (SSSR count). The quantitative estimate of drug-likeness (QED) is 0.742. The maximum atomic E-state index is 5.45. The van der Waals surface area contributed by atoms with Crippen molar-refractivity contribution in [2.45, 2.75) is 66.7 Å². The first kappa shape index (κ1) is 19.0. The van der Waals surface area contributed by atoms with Crippen molar-refractivity contribution in [3.63, 3.8) is 0 Å². The fourth-order valence-corrected chi connectivity index (χ4v) is 2.56. The van der Waals surface area contributed by atoms with Crippen molar-refractivity contribution in [1.82, 2.24) is 5.32 Å².